The molecule has 2 aromatic heterocycles. The van der Waals surface area contributed by atoms with Crippen molar-refractivity contribution in [1.29, 1.82) is 0 Å². The van der Waals surface area contributed by atoms with Gasteiger partial charge in [-0.25, -0.2) is 4.98 Å². The van der Waals surface area contributed by atoms with E-state index in [1.807, 2.05) is 24.3 Å². The normalized spacial score (nSPS) is 16.3. The van der Waals surface area contributed by atoms with Crippen LogP contribution in [0.5, 0.6) is 5.75 Å². The third-order valence-electron chi connectivity index (χ3n) is 11.0. The quantitative estimate of drug-likeness (QED) is 0.0419. The third kappa shape index (κ3) is 10.3. The van der Waals surface area contributed by atoms with Gasteiger partial charge in [0.25, 0.3) is 0 Å². The van der Waals surface area contributed by atoms with Crippen molar-refractivity contribution in [3.05, 3.63) is 88.3 Å². The molecular formula is C43H52BrN10O4P. The van der Waals surface area contributed by atoms with Gasteiger partial charge in [-0.2, -0.15) is 4.98 Å². The Balaban J connectivity index is 0.910. The van der Waals surface area contributed by atoms with E-state index in [1.54, 1.807) is 39.0 Å². The Kier molecular flexibility index (Phi) is 13.6. The van der Waals surface area contributed by atoms with Gasteiger partial charge in [0, 0.05) is 69.0 Å². The molecule has 2 aliphatic heterocycles. The number of imide groups is 1. The van der Waals surface area contributed by atoms with Gasteiger partial charge in [0.15, 0.2) is 0 Å². The maximum Gasteiger partial charge on any atom is 0.234 e. The topological polar surface area (TPSA) is 175 Å². The molecule has 5 aromatic rings. The maximum atomic E-state index is 13.5. The fourth-order valence-electron chi connectivity index (χ4n) is 7.86. The molecule has 0 radical (unpaired) electrons. The Bertz CT molecular complexity index is 2350. The van der Waals surface area contributed by atoms with E-state index in [0.717, 1.165) is 69.7 Å². The molecule has 4 heterocycles. The summed E-state index contributed by atoms with van der Waals surface area (Å²) in [6.45, 7) is 10.2. The Morgan fingerprint density at radius 2 is 1.71 bits per heavy atom. The lowest BCUT2D eigenvalue weighted by molar-refractivity contribution is -0.134. The first-order chi connectivity index (χ1) is 28.5. The number of benzene rings is 3. The fourth-order valence-corrected chi connectivity index (χ4v) is 9.55. The second-order valence-corrected chi connectivity index (χ2v) is 19.4. The van der Waals surface area contributed by atoms with E-state index in [2.05, 4.69) is 93.6 Å². The first-order valence-corrected chi connectivity index (χ1v) is 23.6. The van der Waals surface area contributed by atoms with E-state index in [-0.39, 0.29) is 17.7 Å². The number of nitrogens with zero attached hydrogens (tertiary/aromatic N) is 5. The van der Waals surface area contributed by atoms with Gasteiger partial charge < -0.3 is 35.5 Å². The summed E-state index contributed by atoms with van der Waals surface area (Å²) in [6.07, 6.45) is 9.72. The van der Waals surface area contributed by atoms with Crippen LogP contribution in [0, 0.1) is 0 Å². The molecule has 59 heavy (non-hydrogen) atoms. The molecular weight excluding hydrogens is 831 g/mol. The van der Waals surface area contributed by atoms with Crippen molar-refractivity contribution in [2.75, 3.05) is 68.7 Å². The molecule has 0 bridgehead atoms. The number of halogens is 1. The van der Waals surface area contributed by atoms with E-state index in [9.17, 15) is 14.2 Å². The number of aryl methyl sites for hydroxylation is 1. The number of rotatable bonds is 16. The third-order valence-corrected chi connectivity index (χ3v) is 13.1. The van der Waals surface area contributed by atoms with Crippen LogP contribution in [0.2, 0.25) is 0 Å². The first kappa shape index (κ1) is 42.2. The second-order valence-electron chi connectivity index (χ2n) is 15.4. The highest BCUT2D eigenvalue weighted by Crippen LogP contribution is 2.42. The molecule has 0 saturated carbocycles. The number of nitrogens with one attached hydrogen (secondary N) is 5. The molecule has 2 fully saturated rings. The number of ether oxygens (including phenoxy) is 1. The molecule has 3 aromatic carbocycles. The lowest BCUT2D eigenvalue weighted by atomic mass is 9.90. The van der Waals surface area contributed by atoms with Gasteiger partial charge in [-0.05, 0) is 103 Å². The first-order valence-electron chi connectivity index (χ1n) is 20.2. The summed E-state index contributed by atoms with van der Waals surface area (Å²) in [6, 6.07) is 16.6. The van der Waals surface area contributed by atoms with Crippen molar-refractivity contribution < 1.29 is 18.9 Å². The summed E-state index contributed by atoms with van der Waals surface area (Å²) in [7, 11) is -1.09. The van der Waals surface area contributed by atoms with E-state index in [1.165, 1.54) is 16.8 Å². The Morgan fingerprint density at radius 3 is 2.44 bits per heavy atom. The molecule has 1 atom stereocenters. The predicted octanol–water partition coefficient (Wildman–Crippen LogP) is 6.40. The van der Waals surface area contributed by atoms with Crippen molar-refractivity contribution in [2.24, 2.45) is 0 Å². The molecule has 14 nitrogen and oxygen atoms in total. The summed E-state index contributed by atoms with van der Waals surface area (Å²) in [5, 5.41) is 17.1. The van der Waals surface area contributed by atoms with Gasteiger partial charge in [-0.3, -0.25) is 24.9 Å². The van der Waals surface area contributed by atoms with Crippen LogP contribution in [-0.4, -0.2) is 91.0 Å². The van der Waals surface area contributed by atoms with Gasteiger partial charge >= 0.3 is 0 Å². The number of hydrogen-bond acceptors (Lipinski definition) is 13. The average molecular weight is 884 g/mol. The minimum absolute atomic E-state index is 0.186. The summed E-state index contributed by atoms with van der Waals surface area (Å²) in [5.41, 5.74) is 7.25. The van der Waals surface area contributed by atoms with Crippen LogP contribution in [0.4, 0.5) is 28.8 Å². The van der Waals surface area contributed by atoms with Crippen LogP contribution in [0.15, 0.2) is 71.6 Å². The van der Waals surface area contributed by atoms with Gasteiger partial charge in [0.1, 0.15) is 24.2 Å². The van der Waals surface area contributed by atoms with E-state index < -0.39 is 7.14 Å². The molecule has 5 N–H and O–H groups in total. The maximum absolute atomic E-state index is 13.5. The Hall–Kier alpha value is -4.95. The van der Waals surface area contributed by atoms with Crippen LogP contribution < -0.4 is 41.5 Å². The van der Waals surface area contributed by atoms with Gasteiger partial charge in [-0.15, -0.1) is 0 Å². The number of carbonyl (C=O) groups is 2. The zero-order valence-corrected chi connectivity index (χ0v) is 36.5. The van der Waals surface area contributed by atoms with Crippen molar-refractivity contribution in [1.82, 2.24) is 35.9 Å². The van der Waals surface area contributed by atoms with Crippen molar-refractivity contribution in [2.45, 2.75) is 57.4 Å². The highest BCUT2D eigenvalue weighted by atomic mass is 79.9. The van der Waals surface area contributed by atoms with Crippen LogP contribution >= 0.6 is 23.1 Å². The van der Waals surface area contributed by atoms with Crippen LogP contribution in [0.3, 0.4) is 0 Å². The Morgan fingerprint density at radius 1 is 0.932 bits per heavy atom. The van der Waals surface area contributed by atoms with E-state index in [0.29, 0.717) is 62.9 Å². The molecule has 7 rings (SSSR count). The standard InChI is InChI=1S/C43H52BrN10O4P/c1-5-28-24-35(51-43-49-26-32(44)41(53-43)50-34-12-11-33-39(48-21-20-47-33)40(34)59(3,4)57)37(58-2)25-36(28)54-22-15-30(16-23-54)46-19-18-45-17-14-27-6-8-29(9-7-27)31-10-13-38(55)52-42(31)56/h6-9,11-12,20-21,24-26,30-31,45-46H,5,10,13-19,22-23H2,1-4H3,(H,52,55,56)(H2,49,50,51,53). The highest BCUT2D eigenvalue weighted by Gasteiger charge is 2.28. The highest BCUT2D eigenvalue weighted by molar-refractivity contribution is 9.10. The average Bonchev–Trinajstić information content (AvgIpc) is 3.23. The van der Waals surface area contributed by atoms with E-state index >= 15 is 0 Å². The van der Waals surface area contributed by atoms with Gasteiger partial charge in [0.05, 0.1) is 39.7 Å². The summed E-state index contributed by atoms with van der Waals surface area (Å²) in [5.74, 6) is 0.957. The molecule has 2 saturated heterocycles. The molecule has 16 heteroatoms. The number of anilines is 5. The molecule has 310 valence electrons. The number of amides is 2. The smallest absolute Gasteiger partial charge is 0.234 e. The fraction of sp³-hybridized carbons (Fsp3) is 0.395. The van der Waals surface area contributed by atoms with Crippen molar-refractivity contribution >= 4 is 80.1 Å². The number of carbonyl (C=O) groups excluding carboxylic acids is 2. The van der Waals surface area contributed by atoms with Crippen molar-refractivity contribution in [3.63, 3.8) is 0 Å². The van der Waals surface area contributed by atoms with Crippen LogP contribution in [0.1, 0.15) is 55.2 Å². The van der Waals surface area contributed by atoms with E-state index in [4.69, 9.17) is 9.72 Å². The molecule has 0 spiro atoms. The lowest BCUT2D eigenvalue weighted by Crippen LogP contribution is -2.44. The zero-order chi connectivity index (χ0) is 41.5. The molecule has 2 aliphatic rings. The second kappa shape index (κ2) is 19.0. The Labute approximate surface area is 353 Å². The molecule has 2 amide bonds. The number of methoxy groups -OCH3 is 1. The molecule has 0 aliphatic carbocycles. The minimum atomic E-state index is -2.76. The van der Waals surface area contributed by atoms with Gasteiger partial charge in [-0.1, -0.05) is 31.2 Å². The lowest BCUT2D eigenvalue weighted by Gasteiger charge is -2.35. The molecule has 1 unspecified atom stereocenters. The summed E-state index contributed by atoms with van der Waals surface area (Å²) in [4.78, 5) is 44.4. The van der Waals surface area contributed by atoms with Gasteiger partial charge in [0.2, 0.25) is 17.8 Å². The summed E-state index contributed by atoms with van der Waals surface area (Å²) >= 11 is 3.59. The SMILES string of the molecule is CCc1cc(Nc2ncc(Br)c(Nc3ccc4nccnc4c3P(C)(C)=O)n2)c(OC)cc1N1CCC(NCCNCCc2ccc(C3CCC(=O)NC3=O)cc2)CC1. The monoisotopic (exact) mass is 882 g/mol. The van der Waals surface area contributed by atoms with Crippen LogP contribution in [-0.2, 0) is 27.0 Å². The predicted molar refractivity (Wildman–Crippen MR) is 239 cm³/mol. The number of piperidine rings is 2. The zero-order valence-electron chi connectivity index (χ0n) is 34.0. The van der Waals surface area contributed by atoms with Crippen molar-refractivity contribution in [3.8, 4) is 5.75 Å². The number of aromatic nitrogens is 4. The minimum Gasteiger partial charge on any atom is -0.494 e. The van der Waals surface area contributed by atoms with Crippen LogP contribution in [0.25, 0.3) is 11.0 Å². The number of hydrogen-bond donors (Lipinski definition) is 5. The summed E-state index contributed by atoms with van der Waals surface area (Å²) < 4.78 is 20.0. The largest absolute Gasteiger partial charge is 0.494 e. The number of fused-ring (bicyclic) bond motifs is 1.